The molecule has 1 rings (SSSR count). The van der Waals surface area contributed by atoms with Gasteiger partial charge in [0.25, 0.3) is 6.47 Å². The fourth-order valence-electron chi connectivity index (χ4n) is 3.28. The number of carbonyl (C=O) groups excluding carboxylic acids is 4. The summed E-state index contributed by atoms with van der Waals surface area (Å²) in [6, 6.07) is 8.04. The van der Waals surface area contributed by atoms with Crippen LogP contribution in [0.3, 0.4) is 0 Å². The molecule has 0 fully saturated rings. The molecule has 0 unspecified atom stereocenters. The maximum atomic E-state index is 11.5. The van der Waals surface area contributed by atoms with E-state index in [0.717, 1.165) is 11.1 Å². The Hall–Kier alpha value is -2.98. The average Bonchev–Trinajstić information content (AvgIpc) is 2.86. The Balaban J connectivity index is 2.73. The fraction of sp³-hybridized carbons (Fsp3) is 0.583. The van der Waals surface area contributed by atoms with Gasteiger partial charge in [-0.05, 0) is 17.5 Å². The van der Waals surface area contributed by atoms with Gasteiger partial charge in [0.05, 0.1) is 47.2 Å². The zero-order chi connectivity index (χ0) is 25.2. The molecule has 0 bridgehead atoms. The molecule has 0 aliphatic rings. The fourth-order valence-corrected chi connectivity index (χ4v) is 3.28. The first-order valence-corrected chi connectivity index (χ1v) is 11.2. The Kier molecular flexibility index (Phi) is 14.9. The van der Waals surface area contributed by atoms with Gasteiger partial charge < -0.3 is 18.9 Å². The molecule has 34 heavy (non-hydrogen) atoms. The van der Waals surface area contributed by atoms with Crippen LogP contribution in [0.15, 0.2) is 24.3 Å². The normalized spacial score (nSPS) is 10.7. The first-order valence-electron chi connectivity index (χ1n) is 11.2. The molecule has 0 saturated heterocycles. The topological polar surface area (TPSA) is 112 Å². The first kappa shape index (κ1) is 29.1. The lowest BCUT2D eigenvalue weighted by atomic mass is 10.1. The van der Waals surface area contributed by atoms with Crippen molar-refractivity contribution in [2.45, 2.75) is 38.8 Å². The van der Waals surface area contributed by atoms with Crippen LogP contribution < -0.4 is 0 Å². The Morgan fingerprint density at radius 2 is 1.09 bits per heavy atom. The zero-order valence-corrected chi connectivity index (χ0v) is 20.3. The largest absolute Gasteiger partial charge is 0.469 e. The van der Waals surface area contributed by atoms with Gasteiger partial charge in [0.2, 0.25) is 0 Å². The summed E-state index contributed by atoms with van der Waals surface area (Å²) >= 11 is 0. The van der Waals surface area contributed by atoms with Crippen LogP contribution in [0, 0.1) is 0 Å². The second-order valence-electron chi connectivity index (χ2n) is 7.67. The van der Waals surface area contributed by atoms with Crippen LogP contribution in [0.25, 0.3) is 0 Å². The summed E-state index contributed by atoms with van der Waals surface area (Å²) in [7, 11) is 4.07. The van der Waals surface area contributed by atoms with Crippen LogP contribution in [0.1, 0.15) is 36.8 Å². The van der Waals surface area contributed by atoms with E-state index in [9.17, 15) is 19.2 Å². The lowest BCUT2D eigenvalue weighted by Gasteiger charge is -2.23. The minimum absolute atomic E-state index is 0.235. The van der Waals surface area contributed by atoms with E-state index in [4.69, 9.17) is 18.9 Å². The molecule has 0 N–H and O–H groups in total. The molecule has 0 radical (unpaired) electrons. The highest BCUT2D eigenvalue weighted by Gasteiger charge is 2.13. The number of benzene rings is 1. The number of methoxy groups -OCH3 is 3. The number of hydrogen-bond acceptors (Lipinski definition) is 10. The van der Waals surface area contributed by atoms with Crippen LogP contribution in [-0.4, -0.2) is 88.3 Å². The molecular formula is C24H36N2O8. The van der Waals surface area contributed by atoms with Gasteiger partial charge in [-0.15, -0.1) is 0 Å². The maximum absolute atomic E-state index is 11.5. The predicted molar refractivity (Wildman–Crippen MR) is 124 cm³/mol. The molecule has 0 heterocycles. The molecule has 0 aliphatic carbocycles. The standard InChI is InChI=1S/C24H36N2O8/c1-31-22(28)9-13-25(12-4-16-34-19-27)17-20-5-7-21(8-6-20)18-26(14-10-23(29)32-2)15-11-24(30)33-3/h5-8,19H,4,9-18H2,1-3H3. The van der Waals surface area contributed by atoms with Gasteiger partial charge in [-0.25, -0.2) is 0 Å². The quantitative estimate of drug-likeness (QED) is 0.133. The van der Waals surface area contributed by atoms with Gasteiger partial charge in [0, 0.05) is 39.3 Å². The van der Waals surface area contributed by atoms with Crippen molar-refractivity contribution >= 4 is 24.4 Å². The molecule has 1 aromatic rings. The highest BCUT2D eigenvalue weighted by Crippen LogP contribution is 2.12. The van der Waals surface area contributed by atoms with Gasteiger partial charge >= 0.3 is 17.9 Å². The number of rotatable bonds is 18. The smallest absolute Gasteiger partial charge is 0.306 e. The zero-order valence-electron chi connectivity index (χ0n) is 20.3. The number of nitrogens with zero attached hydrogens (tertiary/aromatic N) is 2. The van der Waals surface area contributed by atoms with Crippen molar-refractivity contribution in [1.29, 1.82) is 0 Å². The predicted octanol–water partition coefficient (Wildman–Crippen LogP) is 1.54. The Morgan fingerprint density at radius 1 is 0.706 bits per heavy atom. The van der Waals surface area contributed by atoms with E-state index in [-0.39, 0.29) is 37.2 Å². The van der Waals surface area contributed by atoms with E-state index in [1.165, 1.54) is 21.3 Å². The maximum Gasteiger partial charge on any atom is 0.306 e. The molecule has 0 saturated carbocycles. The second-order valence-corrected chi connectivity index (χ2v) is 7.67. The minimum Gasteiger partial charge on any atom is -0.469 e. The monoisotopic (exact) mass is 480 g/mol. The van der Waals surface area contributed by atoms with Gasteiger partial charge in [-0.1, -0.05) is 24.3 Å². The second kappa shape index (κ2) is 17.5. The Labute approximate surface area is 201 Å². The molecule has 0 aliphatic heterocycles. The Bertz CT molecular complexity index is 734. The lowest BCUT2D eigenvalue weighted by Crippen LogP contribution is -2.29. The van der Waals surface area contributed by atoms with Gasteiger partial charge in [0.1, 0.15) is 0 Å². The number of hydrogen-bond donors (Lipinski definition) is 0. The molecule has 0 spiro atoms. The van der Waals surface area contributed by atoms with Crippen LogP contribution in [0.2, 0.25) is 0 Å². The third-order valence-electron chi connectivity index (χ3n) is 5.22. The van der Waals surface area contributed by atoms with Crippen molar-refractivity contribution in [1.82, 2.24) is 9.80 Å². The van der Waals surface area contributed by atoms with Crippen LogP contribution in [0.5, 0.6) is 0 Å². The molecule has 10 heteroatoms. The van der Waals surface area contributed by atoms with E-state index in [0.29, 0.717) is 58.8 Å². The van der Waals surface area contributed by atoms with E-state index >= 15 is 0 Å². The summed E-state index contributed by atoms with van der Waals surface area (Å²) in [6.07, 6.45) is 1.41. The Morgan fingerprint density at radius 3 is 1.44 bits per heavy atom. The summed E-state index contributed by atoms with van der Waals surface area (Å²) in [6.45, 7) is 4.09. The third kappa shape index (κ3) is 12.9. The number of ether oxygens (including phenoxy) is 4. The molecule has 0 aromatic heterocycles. The van der Waals surface area contributed by atoms with Crippen molar-refractivity contribution in [3.8, 4) is 0 Å². The SMILES string of the molecule is COC(=O)CCN(CCCOC=O)Cc1ccc(CN(CCC(=O)OC)CCC(=O)OC)cc1. The summed E-state index contributed by atoms with van der Waals surface area (Å²) in [5.74, 6) is -0.878. The molecule has 190 valence electrons. The van der Waals surface area contributed by atoms with Crippen LogP contribution in [0.4, 0.5) is 0 Å². The van der Waals surface area contributed by atoms with E-state index in [1.54, 1.807) is 0 Å². The van der Waals surface area contributed by atoms with Crippen molar-refractivity contribution in [3.05, 3.63) is 35.4 Å². The van der Waals surface area contributed by atoms with Crippen molar-refractivity contribution < 1.29 is 38.1 Å². The molecule has 1 aromatic carbocycles. The lowest BCUT2D eigenvalue weighted by molar-refractivity contribution is -0.142. The minimum atomic E-state index is -0.302. The van der Waals surface area contributed by atoms with E-state index in [1.807, 2.05) is 29.2 Å². The highest BCUT2D eigenvalue weighted by molar-refractivity contribution is 5.70. The average molecular weight is 481 g/mol. The summed E-state index contributed by atoms with van der Waals surface area (Å²) < 4.78 is 18.9. The van der Waals surface area contributed by atoms with Gasteiger partial charge in [0.15, 0.2) is 0 Å². The molecule has 0 amide bonds. The summed E-state index contributed by atoms with van der Waals surface area (Å²) in [5.41, 5.74) is 2.11. The first-order chi connectivity index (χ1) is 16.4. The van der Waals surface area contributed by atoms with E-state index < -0.39 is 0 Å². The van der Waals surface area contributed by atoms with Crippen LogP contribution >= 0.6 is 0 Å². The summed E-state index contributed by atoms with van der Waals surface area (Å²) in [5, 5.41) is 0. The molecule has 0 atom stereocenters. The van der Waals surface area contributed by atoms with Crippen molar-refractivity contribution in [2.24, 2.45) is 0 Å². The third-order valence-corrected chi connectivity index (χ3v) is 5.22. The molecular weight excluding hydrogens is 444 g/mol. The number of esters is 3. The van der Waals surface area contributed by atoms with Gasteiger partial charge in [-0.3, -0.25) is 29.0 Å². The highest BCUT2D eigenvalue weighted by atomic mass is 16.5. The number of carbonyl (C=O) groups is 4. The van der Waals surface area contributed by atoms with Crippen molar-refractivity contribution in [3.63, 3.8) is 0 Å². The van der Waals surface area contributed by atoms with Crippen LogP contribution in [-0.2, 0) is 51.2 Å². The van der Waals surface area contributed by atoms with Crippen molar-refractivity contribution in [2.75, 3.05) is 54.1 Å². The summed E-state index contributed by atoms with van der Waals surface area (Å²) in [4.78, 5) is 49.1. The van der Waals surface area contributed by atoms with E-state index in [2.05, 4.69) is 4.90 Å². The van der Waals surface area contributed by atoms with Gasteiger partial charge in [-0.2, -0.15) is 0 Å². The molecule has 10 nitrogen and oxygen atoms in total.